The van der Waals surface area contributed by atoms with Crippen LogP contribution >= 0.6 is 0 Å². The molecule has 0 bridgehead atoms. The molecule has 12 heavy (non-hydrogen) atoms. The molecule has 0 aliphatic rings. The first-order chi connectivity index (χ1) is 5.65. The van der Waals surface area contributed by atoms with Crippen molar-refractivity contribution in [3.05, 3.63) is 41.0 Å². The molecular formula is C11H14O. The minimum Gasteiger partial charge on any atom is -0.508 e. The first kappa shape index (κ1) is 8.85. The van der Waals surface area contributed by atoms with E-state index in [0.29, 0.717) is 5.76 Å². The molecule has 0 aliphatic heterocycles. The quantitative estimate of drug-likeness (QED) is 0.628. The molecular weight excluding hydrogens is 148 g/mol. The van der Waals surface area contributed by atoms with Gasteiger partial charge in [0.2, 0.25) is 0 Å². The van der Waals surface area contributed by atoms with Gasteiger partial charge in [-0.15, -0.1) is 0 Å². The molecule has 0 aromatic heterocycles. The molecule has 1 N–H and O–H groups in total. The first-order valence-electron chi connectivity index (χ1n) is 4.08. The molecule has 0 spiro atoms. The maximum Gasteiger partial charge on any atom is 0.118 e. The van der Waals surface area contributed by atoms with E-state index in [1.165, 1.54) is 5.56 Å². The minimum atomic E-state index is 0.354. The summed E-state index contributed by atoms with van der Waals surface area (Å²) in [5, 5.41) is 9.46. The standard InChI is InChI=1S/C11H14O/c1-4-11(12)10-6-5-8(2)7-9(10)3/h4-7,12H,1-3H3. The Morgan fingerprint density at radius 2 is 2.00 bits per heavy atom. The lowest BCUT2D eigenvalue weighted by Gasteiger charge is -2.04. The Kier molecular flexibility index (Phi) is 2.54. The Balaban J connectivity index is 3.18. The number of allylic oxidation sites excluding steroid dienone is 1. The van der Waals surface area contributed by atoms with E-state index in [1.54, 1.807) is 6.08 Å². The van der Waals surface area contributed by atoms with Gasteiger partial charge in [0.15, 0.2) is 0 Å². The second-order valence-corrected chi connectivity index (χ2v) is 2.99. The summed E-state index contributed by atoms with van der Waals surface area (Å²) < 4.78 is 0. The van der Waals surface area contributed by atoms with Gasteiger partial charge in [0.1, 0.15) is 5.76 Å². The molecule has 1 heteroatoms. The van der Waals surface area contributed by atoms with Gasteiger partial charge < -0.3 is 5.11 Å². The van der Waals surface area contributed by atoms with E-state index in [4.69, 9.17) is 0 Å². The van der Waals surface area contributed by atoms with E-state index in [-0.39, 0.29) is 0 Å². The summed E-state index contributed by atoms with van der Waals surface area (Å²) in [4.78, 5) is 0. The van der Waals surface area contributed by atoms with Crippen molar-refractivity contribution in [1.29, 1.82) is 0 Å². The Morgan fingerprint density at radius 3 is 2.50 bits per heavy atom. The van der Waals surface area contributed by atoms with E-state index in [9.17, 15) is 5.11 Å². The number of benzene rings is 1. The van der Waals surface area contributed by atoms with Crippen LogP contribution in [0, 0.1) is 13.8 Å². The summed E-state index contributed by atoms with van der Waals surface area (Å²) in [5.41, 5.74) is 3.26. The lowest BCUT2D eigenvalue weighted by Crippen LogP contribution is -1.88. The number of hydrogen-bond acceptors (Lipinski definition) is 1. The first-order valence-corrected chi connectivity index (χ1v) is 4.08. The Hall–Kier alpha value is -1.24. The van der Waals surface area contributed by atoms with Crippen molar-refractivity contribution in [2.45, 2.75) is 20.8 Å². The van der Waals surface area contributed by atoms with Crippen LogP contribution in [0.3, 0.4) is 0 Å². The molecule has 0 amide bonds. The molecule has 0 saturated heterocycles. The predicted octanol–water partition coefficient (Wildman–Crippen LogP) is 3.22. The third kappa shape index (κ3) is 1.67. The largest absolute Gasteiger partial charge is 0.508 e. The average Bonchev–Trinajstić information content (AvgIpc) is 2.03. The Morgan fingerprint density at radius 1 is 1.33 bits per heavy atom. The van der Waals surface area contributed by atoms with Crippen LogP contribution in [-0.2, 0) is 0 Å². The van der Waals surface area contributed by atoms with Crippen LogP contribution < -0.4 is 0 Å². The van der Waals surface area contributed by atoms with Crippen molar-refractivity contribution in [3.63, 3.8) is 0 Å². The fourth-order valence-corrected chi connectivity index (χ4v) is 1.26. The molecule has 1 aromatic carbocycles. The second kappa shape index (κ2) is 3.44. The monoisotopic (exact) mass is 162 g/mol. The number of aliphatic hydroxyl groups is 1. The van der Waals surface area contributed by atoms with Crippen LogP contribution in [0.25, 0.3) is 5.76 Å². The van der Waals surface area contributed by atoms with Crippen molar-refractivity contribution >= 4 is 5.76 Å². The predicted molar refractivity (Wildman–Crippen MR) is 52.2 cm³/mol. The molecule has 0 saturated carbocycles. The highest BCUT2D eigenvalue weighted by atomic mass is 16.3. The molecule has 0 radical (unpaired) electrons. The van der Waals surface area contributed by atoms with Gasteiger partial charge in [0.25, 0.3) is 0 Å². The third-order valence-electron chi connectivity index (χ3n) is 1.93. The van der Waals surface area contributed by atoms with Gasteiger partial charge in [-0.3, -0.25) is 0 Å². The summed E-state index contributed by atoms with van der Waals surface area (Å²) in [6.07, 6.45) is 1.71. The summed E-state index contributed by atoms with van der Waals surface area (Å²) in [6, 6.07) is 6.01. The van der Waals surface area contributed by atoms with Crippen LogP contribution in [0.15, 0.2) is 24.3 Å². The van der Waals surface area contributed by atoms with E-state index >= 15 is 0 Å². The zero-order valence-electron chi connectivity index (χ0n) is 7.76. The van der Waals surface area contributed by atoms with Crippen molar-refractivity contribution < 1.29 is 5.11 Å². The highest BCUT2D eigenvalue weighted by Crippen LogP contribution is 2.17. The van der Waals surface area contributed by atoms with Crippen LogP contribution in [0.4, 0.5) is 0 Å². The molecule has 64 valence electrons. The number of rotatable bonds is 1. The van der Waals surface area contributed by atoms with Gasteiger partial charge in [-0.2, -0.15) is 0 Å². The molecule has 0 fully saturated rings. The fraction of sp³-hybridized carbons (Fsp3) is 0.273. The van der Waals surface area contributed by atoms with Crippen LogP contribution in [0.2, 0.25) is 0 Å². The summed E-state index contributed by atoms with van der Waals surface area (Å²) in [7, 11) is 0. The van der Waals surface area contributed by atoms with Crippen molar-refractivity contribution in [2.24, 2.45) is 0 Å². The van der Waals surface area contributed by atoms with Gasteiger partial charge in [-0.1, -0.05) is 23.8 Å². The summed E-state index contributed by atoms with van der Waals surface area (Å²) >= 11 is 0. The SMILES string of the molecule is CC=C(O)c1ccc(C)cc1C. The molecule has 1 aromatic rings. The van der Waals surface area contributed by atoms with Crippen molar-refractivity contribution in [3.8, 4) is 0 Å². The van der Waals surface area contributed by atoms with Crippen LogP contribution in [0.1, 0.15) is 23.6 Å². The molecule has 1 nitrogen and oxygen atoms in total. The topological polar surface area (TPSA) is 20.2 Å². The highest BCUT2D eigenvalue weighted by Gasteiger charge is 2.00. The lowest BCUT2D eigenvalue weighted by molar-refractivity contribution is 0.510. The van der Waals surface area contributed by atoms with E-state index < -0.39 is 0 Å². The zero-order valence-corrected chi connectivity index (χ0v) is 7.76. The van der Waals surface area contributed by atoms with Gasteiger partial charge in [-0.05, 0) is 32.4 Å². The average molecular weight is 162 g/mol. The van der Waals surface area contributed by atoms with E-state index in [0.717, 1.165) is 11.1 Å². The van der Waals surface area contributed by atoms with Gasteiger partial charge in [-0.25, -0.2) is 0 Å². The van der Waals surface area contributed by atoms with Crippen molar-refractivity contribution in [2.75, 3.05) is 0 Å². The van der Waals surface area contributed by atoms with Gasteiger partial charge in [0.05, 0.1) is 0 Å². The molecule has 0 atom stereocenters. The summed E-state index contributed by atoms with van der Waals surface area (Å²) in [6.45, 7) is 5.88. The normalized spacial score (nSPS) is 11.8. The molecule has 0 heterocycles. The molecule has 1 rings (SSSR count). The highest BCUT2D eigenvalue weighted by molar-refractivity contribution is 5.61. The Bertz CT molecular complexity index is 311. The third-order valence-corrected chi connectivity index (χ3v) is 1.93. The van der Waals surface area contributed by atoms with Crippen LogP contribution in [-0.4, -0.2) is 5.11 Å². The van der Waals surface area contributed by atoms with Gasteiger partial charge >= 0.3 is 0 Å². The smallest absolute Gasteiger partial charge is 0.118 e. The van der Waals surface area contributed by atoms with Crippen LogP contribution in [0.5, 0.6) is 0 Å². The maximum absolute atomic E-state index is 9.46. The zero-order chi connectivity index (χ0) is 9.14. The minimum absolute atomic E-state index is 0.354. The fourth-order valence-electron chi connectivity index (χ4n) is 1.26. The van der Waals surface area contributed by atoms with Crippen molar-refractivity contribution in [1.82, 2.24) is 0 Å². The van der Waals surface area contributed by atoms with E-state index in [2.05, 4.69) is 6.07 Å². The maximum atomic E-state index is 9.46. The van der Waals surface area contributed by atoms with E-state index in [1.807, 2.05) is 32.9 Å². The lowest BCUT2D eigenvalue weighted by atomic mass is 10.0. The summed E-state index contributed by atoms with van der Waals surface area (Å²) in [5.74, 6) is 0.354. The number of hydrogen-bond donors (Lipinski definition) is 1. The molecule has 0 unspecified atom stereocenters. The number of aryl methyl sites for hydroxylation is 2. The second-order valence-electron chi connectivity index (χ2n) is 2.99. The Labute approximate surface area is 73.4 Å². The molecule has 0 aliphatic carbocycles. The van der Waals surface area contributed by atoms with Gasteiger partial charge in [0, 0.05) is 5.56 Å². The number of aliphatic hydroxyl groups excluding tert-OH is 1.